The van der Waals surface area contributed by atoms with Crippen LogP contribution in [0.1, 0.15) is 23.5 Å². The van der Waals surface area contributed by atoms with Gasteiger partial charge in [0.2, 0.25) is 0 Å². The first kappa shape index (κ1) is 9.61. The smallest absolute Gasteiger partial charge is 0.0968 e. The SMILES string of the molecule is OC1(C2C=Cc3ccccc32)C=CC=CC1. The van der Waals surface area contributed by atoms with E-state index in [1.807, 2.05) is 36.4 Å². The summed E-state index contributed by atoms with van der Waals surface area (Å²) in [5.74, 6) is 0.0879. The van der Waals surface area contributed by atoms with Crippen molar-refractivity contribution in [2.24, 2.45) is 0 Å². The molecule has 0 aromatic heterocycles. The maximum atomic E-state index is 10.6. The molecule has 0 radical (unpaired) electrons. The average Bonchev–Trinajstić information content (AvgIpc) is 2.74. The van der Waals surface area contributed by atoms with Gasteiger partial charge in [-0.05, 0) is 17.5 Å². The lowest BCUT2D eigenvalue weighted by atomic mass is 9.79. The molecule has 80 valence electrons. The lowest BCUT2D eigenvalue weighted by Crippen LogP contribution is -2.32. The third-order valence-electron chi connectivity index (χ3n) is 3.41. The van der Waals surface area contributed by atoms with Crippen LogP contribution in [0.15, 0.2) is 54.6 Å². The number of allylic oxidation sites excluding steroid dienone is 2. The quantitative estimate of drug-likeness (QED) is 0.755. The van der Waals surface area contributed by atoms with Crippen LogP contribution in [-0.2, 0) is 0 Å². The highest BCUT2D eigenvalue weighted by molar-refractivity contribution is 5.63. The van der Waals surface area contributed by atoms with E-state index in [4.69, 9.17) is 0 Å². The van der Waals surface area contributed by atoms with Crippen molar-refractivity contribution in [2.45, 2.75) is 17.9 Å². The van der Waals surface area contributed by atoms with E-state index in [2.05, 4.69) is 24.3 Å². The first-order valence-electron chi connectivity index (χ1n) is 5.63. The molecule has 2 aliphatic rings. The van der Waals surface area contributed by atoms with Crippen LogP contribution in [0.4, 0.5) is 0 Å². The van der Waals surface area contributed by atoms with Crippen molar-refractivity contribution in [3.63, 3.8) is 0 Å². The molecule has 1 N–H and O–H groups in total. The molecule has 16 heavy (non-hydrogen) atoms. The molecule has 0 bridgehead atoms. The molecule has 1 aromatic carbocycles. The summed E-state index contributed by atoms with van der Waals surface area (Å²) >= 11 is 0. The van der Waals surface area contributed by atoms with Gasteiger partial charge in [-0.2, -0.15) is 0 Å². The Morgan fingerprint density at radius 2 is 2.06 bits per heavy atom. The van der Waals surface area contributed by atoms with Crippen LogP contribution in [0.25, 0.3) is 6.08 Å². The maximum Gasteiger partial charge on any atom is 0.0968 e. The molecule has 0 saturated heterocycles. The van der Waals surface area contributed by atoms with Crippen molar-refractivity contribution >= 4 is 6.08 Å². The molecular weight excluding hydrogens is 196 g/mol. The van der Waals surface area contributed by atoms with Gasteiger partial charge < -0.3 is 5.11 Å². The Kier molecular flexibility index (Phi) is 2.08. The van der Waals surface area contributed by atoms with E-state index in [9.17, 15) is 5.11 Å². The minimum absolute atomic E-state index is 0.0879. The Hall–Kier alpha value is -1.60. The summed E-state index contributed by atoms with van der Waals surface area (Å²) in [6.07, 6.45) is 12.7. The predicted octanol–water partition coefficient (Wildman–Crippen LogP) is 3.04. The van der Waals surface area contributed by atoms with Crippen LogP contribution in [0.3, 0.4) is 0 Å². The Bertz CT molecular complexity index is 496. The molecule has 1 nitrogen and oxygen atoms in total. The fourth-order valence-corrected chi connectivity index (χ4v) is 2.54. The molecule has 1 heteroatoms. The predicted molar refractivity (Wildman–Crippen MR) is 66.1 cm³/mol. The monoisotopic (exact) mass is 210 g/mol. The molecule has 1 aromatic rings. The summed E-state index contributed by atoms with van der Waals surface area (Å²) in [5.41, 5.74) is 1.70. The van der Waals surface area contributed by atoms with Gasteiger partial charge in [-0.3, -0.25) is 0 Å². The lowest BCUT2D eigenvalue weighted by Gasteiger charge is -2.31. The zero-order chi connectivity index (χ0) is 11.0. The fourth-order valence-electron chi connectivity index (χ4n) is 2.54. The number of rotatable bonds is 1. The molecule has 2 atom stereocenters. The first-order chi connectivity index (χ1) is 7.80. The number of benzene rings is 1. The van der Waals surface area contributed by atoms with Crippen molar-refractivity contribution in [1.82, 2.24) is 0 Å². The second-order valence-corrected chi connectivity index (χ2v) is 4.45. The molecule has 0 saturated carbocycles. The summed E-state index contributed by atoms with van der Waals surface area (Å²) in [6, 6.07) is 8.26. The summed E-state index contributed by atoms with van der Waals surface area (Å²) in [5, 5.41) is 10.6. The second-order valence-electron chi connectivity index (χ2n) is 4.45. The molecule has 2 unspecified atom stereocenters. The van der Waals surface area contributed by atoms with Gasteiger partial charge in [0.25, 0.3) is 0 Å². The third-order valence-corrected chi connectivity index (χ3v) is 3.41. The standard InChI is InChI=1S/C15H14O/c16-15(10-4-1-5-11-15)14-9-8-12-6-2-3-7-13(12)14/h1-10,14,16H,11H2. The normalized spacial score (nSPS) is 30.7. The van der Waals surface area contributed by atoms with Crippen molar-refractivity contribution in [3.8, 4) is 0 Å². The Morgan fingerprint density at radius 3 is 2.88 bits per heavy atom. The number of aliphatic hydroxyl groups is 1. The highest BCUT2D eigenvalue weighted by Gasteiger charge is 2.36. The van der Waals surface area contributed by atoms with Crippen molar-refractivity contribution in [3.05, 3.63) is 65.8 Å². The van der Waals surface area contributed by atoms with Gasteiger partial charge in [0.15, 0.2) is 0 Å². The Morgan fingerprint density at radius 1 is 1.19 bits per heavy atom. The molecule has 0 amide bonds. The molecule has 3 rings (SSSR count). The van der Waals surface area contributed by atoms with Gasteiger partial charge in [0.1, 0.15) is 0 Å². The number of fused-ring (bicyclic) bond motifs is 1. The summed E-state index contributed by atoms with van der Waals surface area (Å²) in [6.45, 7) is 0. The van der Waals surface area contributed by atoms with Crippen molar-refractivity contribution in [1.29, 1.82) is 0 Å². The molecule has 0 spiro atoms. The van der Waals surface area contributed by atoms with Crippen LogP contribution in [0.2, 0.25) is 0 Å². The zero-order valence-electron chi connectivity index (χ0n) is 9.01. The van der Waals surface area contributed by atoms with Crippen LogP contribution < -0.4 is 0 Å². The lowest BCUT2D eigenvalue weighted by molar-refractivity contribution is 0.0785. The van der Waals surface area contributed by atoms with E-state index in [0.717, 1.165) is 0 Å². The van der Waals surface area contributed by atoms with Crippen molar-refractivity contribution in [2.75, 3.05) is 0 Å². The van der Waals surface area contributed by atoms with E-state index in [1.54, 1.807) is 0 Å². The fraction of sp³-hybridized carbons (Fsp3) is 0.200. The van der Waals surface area contributed by atoms with Gasteiger partial charge in [0.05, 0.1) is 5.60 Å². The first-order valence-corrected chi connectivity index (χ1v) is 5.63. The summed E-state index contributed by atoms with van der Waals surface area (Å²) in [4.78, 5) is 0. The largest absolute Gasteiger partial charge is 0.384 e. The van der Waals surface area contributed by atoms with Crippen LogP contribution in [0, 0.1) is 0 Å². The van der Waals surface area contributed by atoms with Crippen LogP contribution >= 0.6 is 0 Å². The zero-order valence-corrected chi connectivity index (χ0v) is 9.01. The van der Waals surface area contributed by atoms with Crippen molar-refractivity contribution < 1.29 is 5.11 Å². The third kappa shape index (κ3) is 1.36. The molecular formula is C15H14O. The molecule has 0 aliphatic heterocycles. The summed E-state index contributed by atoms with van der Waals surface area (Å²) in [7, 11) is 0. The van der Waals surface area contributed by atoms with E-state index < -0.39 is 5.60 Å². The minimum Gasteiger partial charge on any atom is -0.384 e. The number of hydrogen-bond donors (Lipinski definition) is 1. The van der Waals surface area contributed by atoms with Gasteiger partial charge in [0, 0.05) is 5.92 Å². The van der Waals surface area contributed by atoms with E-state index >= 15 is 0 Å². The highest BCUT2D eigenvalue weighted by Crippen LogP contribution is 2.41. The topological polar surface area (TPSA) is 20.2 Å². The van der Waals surface area contributed by atoms with Crippen LogP contribution in [-0.4, -0.2) is 10.7 Å². The van der Waals surface area contributed by atoms with Gasteiger partial charge >= 0.3 is 0 Å². The van der Waals surface area contributed by atoms with Gasteiger partial charge in [-0.15, -0.1) is 0 Å². The Labute approximate surface area is 95.4 Å². The van der Waals surface area contributed by atoms with E-state index in [-0.39, 0.29) is 5.92 Å². The molecule has 2 aliphatic carbocycles. The Balaban J connectivity index is 2.02. The molecule has 0 fully saturated rings. The molecule has 0 heterocycles. The minimum atomic E-state index is -0.752. The maximum absolute atomic E-state index is 10.6. The van der Waals surface area contributed by atoms with Gasteiger partial charge in [-0.1, -0.05) is 60.7 Å². The van der Waals surface area contributed by atoms with Gasteiger partial charge in [-0.25, -0.2) is 0 Å². The number of hydrogen-bond acceptors (Lipinski definition) is 1. The van der Waals surface area contributed by atoms with E-state index in [1.165, 1.54) is 11.1 Å². The highest BCUT2D eigenvalue weighted by atomic mass is 16.3. The van der Waals surface area contributed by atoms with Crippen LogP contribution in [0.5, 0.6) is 0 Å². The second kappa shape index (κ2) is 3.46. The van der Waals surface area contributed by atoms with E-state index in [0.29, 0.717) is 6.42 Å². The summed E-state index contributed by atoms with van der Waals surface area (Å²) < 4.78 is 0. The average molecular weight is 210 g/mol.